The lowest BCUT2D eigenvalue weighted by Crippen LogP contribution is -2.85. The van der Waals surface area contributed by atoms with Crippen molar-refractivity contribution in [2.45, 2.75) is 52.1 Å². The quantitative estimate of drug-likeness (QED) is 0.867. The first-order valence-electron chi connectivity index (χ1n) is 8.08. The lowest BCUT2D eigenvalue weighted by atomic mass is 9.64. The molecule has 116 valence electrons. The van der Waals surface area contributed by atoms with Gasteiger partial charge in [0.05, 0.1) is 6.26 Å². The molecule has 0 aliphatic heterocycles. The van der Waals surface area contributed by atoms with E-state index in [1.165, 1.54) is 19.3 Å². The van der Waals surface area contributed by atoms with Gasteiger partial charge < -0.3 is 15.1 Å². The van der Waals surface area contributed by atoms with E-state index in [0.29, 0.717) is 19.0 Å². The second-order valence-electron chi connectivity index (χ2n) is 7.46. The molecule has 2 aliphatic rings. The summed E-state index contributed by atoms with van der Waals surface area (Å²) in [5.41, 5.74) is 0.151. The number of hydrogen-bond acceptors (Lipinski definition) is 2. The highest BCUT2D eigenvalue weighted by atomic mass is 16.3. The van der Waals surface area contributed by atoms with Crippen LogP contribution in [0.25, 0.3) is 0 Å². The molecule has 21 heavy (non-hydrogen) atoms. The van der Waals surface area contributed by atoms with Crippen LogP contribution < -0.4 is 10.6 Å². The third kappa shape index (κ3) is 2.39. The third-order valence-corrected chi connectivity index (χ3v) is 6.26. The zero-order chi connectivity index (χ0) is 15.1. The second kappa shape index (κ2) is 5.16. The zero-order valence-electron chi connectivity index (χ0n) is 13.3. The Hall–Kier alpha value is -1.29. The van der Waals surface area contributed by atoms with Gasteiger partial charge in [0.25, 0.3) is 5.91 Å². The predicted octanol–water partition coefficient (Wildman–Crippen LogP) is 1.67. The highest BCUT2D eigenvalue weighted by Gasteiger charge is 2.60. The van der Waals surface area contributed by atoms with E-state index < -0.39 is 0 Å². The van der Waals surface area contributed by atoms with E-state index in [9.17, 15) is 4.79 Å². The Balaban J connectivity index is 1.54. The standard InChI is InChI=1S/C17H26N2O2/c1-16(2)12-6-7-13(9-12)17(16,3)19-15(20)11-18-10-14-5-4-8-21-14/h4-5,8,12-13,18H,6-7,9-11H2,1-3H3,(H,19,20)/p+1/t12-,13+,17+/m0/s1. The number of carbonyl (C=O) groups is 1. The molecule has 2 bridgehead atoms. The molecule has 2 saturated carbocycles. The summed E-state index contributed by atoms with van der Waals surface area (Å²) in [5, 5.41) is 5.35. The van der Waals surface area contributed by atoms with Crippen molar-refractivity contribution in [2.24, 2.45) is 17.3 Å². The van der Waals surface area contributed by atoms with E-state index in [-0.39, 0.29) is 16.9 Å². The first-order chi connectivity index (χ1) is 9.93. The number of hydrogen-bond donors (Lipinski definition) is 2. The van der Waals surface area contributed by atoms with Crippen molar-refractivity contribution >= 4 is 5.91 Å². The minimum absolute atomic E-state index is 0.0501. The minimum Gasteiger partial charge on any atom is -0.463 e. The van der Waals surface area contributed by atoms with Gasteiger partial charge in [0.2, 0.25) is 0 Å². The van der Waals surface area contributed by atoms with Crippen LogP contribution in [0.5, 0.6) is 0 Å². The van der Waals surface area contributed by atoms with Gasteiger partial charge in [-0.05, 0) is 55.6 Å². The van der Waals surface area contributed by atoms with Crippen LogP contribution >= 0.6 is 0 Å². The number of nitrogens with one attached hydrogen (secondary N) is 1. The largest absolute Gasteiger partial charge is 0.463 e. The van der Waals surface area contributed by atoms with Crippen LogP contribution in [0.2, 0.25) is 0 Å². The first-order valence-corrected chi connectivity index (χ1v) is 8.08. The SMILES string of the molecule is CC1(C)[C@H]2CC[C@H](C2)[C@@]1(C)NC(=O)C[NH2+]Cc1ccco1. The van der Waals surface area contributed by atoms with E-state index in [0.717, 1.165) is 11.7 Å². The number of quaternary nitrogens is 1. The Kier molecular flexibility index (Phi) is 3.60. The van der Waals surface area contributed by atoms with Crippen molar-refractivity contribution in [2.75, 3.05) is 6.54 Å². The molecular weight excluding hydrogens is 264 g/mol. The molecule has 0 aromatic carbocycles. The Bertz CT molecular complexity index is 509. The second-order valence-corrected chi connectivity index (χ2v) is 7.46. The highest BCUT2D eigenvalue weighted by Crippen LogP contribution is 2.61. The normalized spacial score (nSPS) is 33.3. The molecule has 1 aromatic heterocycles. The Morgan fingerprint density at radius 2 is 2.14 bits per heavy atom. The van der Waals surface area contributed by atoms with Gasteiger partial charge in [-0.2, -0.15) is 0 Å². The van der Waals surface area contributed by atoms with Crippen molar-refractivity contribution in [1.82, 2.24) is 5.32 Å². The molecule has 2 aliphatic carbocycles. The molecule has 3 rings (SSSR count). The van der Waals surface area contributed by atoms with Crippen molar-refractivity contribution in [3.05, 3.63) is 24.2 Å². The molecule has 0 unspecified atom stereocenters. The van der Waals surface area contributed by atoms with Crippen LogP contribution in [0.3, 0.4) is 0 Å². The van der Waals surface area contributed by atoms with Gasteiger partial charge in [-0.1, -0.05) is 13.8 Å². The fourth-order valence-corrected chi connectivity index (χ4v) is 4.49. The summed E-state index contributed by atoms with van der Waals surface area (Å²) in [6.07, 6.45) is 5.54. The summed E-state index contributed by atoms with van der Waals surface area (Å²) in [6.45, 7) is 8.07. The zero-order valence-corrected chi connectivity index (χ0v) is 13.3. The van der Waals surface area contributed by atoms with Crippen molar-refractivity contribution in [3.8, 4) is 0 Å². The summed E-state index contributed by atoms with van der Waals surface area (Å²) in [6, 6.07) is 3.82. The summed E-state index contributed by atoms with van der Waals surface area (Å²) in [5.74, 6) is 2.46. The Labute approximate surface area is 126 Å². The van der Waals surface area contributed by atoms with Crippen LogP contribution in [0, 0.1) is 17.3 Å². The van der Waals surface area contributed by atoms with Crippen LogP contribution in [0.15, 0.2) is 22.8 Å². The molecule has 2 fully saturated rings. The smallest absolute Gasteiger partial charge is 0.275 e. The molecular formula is C17H27N2O2+. The van der Waals surface area contributed by atoms with E-state index in [1.54, 1.807) is 6.26 Å². The Morgan fingerprint density at radius 1 is 1.38 bits per heavy atom. The molecule has 1 heterocycles. The summed E-state index contributed by atoms with van der Waals surface area (Å²) in [7, 11) is 0. The fourth-order valence-electron chi connectivity index (χ4n) is 4.49. The number of amides is 1. The number of rotatable bonds is 5. The molecule has 3 N–H and O–H groups in total. The van der Waals surface area contributed by atoms with Gasteiger partial charge in [0.1, 0.15) is 6.54 Å². The van der Waals surface area contributed by atoms with Crippen LogP contribution in [-0.4, -0.2) is 18.0 Å². The van der Waals surface area contributed by atoms with Crippen LogP contribution in [0.1, 0.15) is 45.8 Å². The van der Waals surface area contributed by atoms with Gasteiger partial charge >= 0.3 is 0 Å². The summed E-state index contributed by atoms with van der Waals surface area (Å²) >= 11 is 0. The summed E-state index contributed by atoms with van der Waals surface area (Å²) < 4.78 is 5.28. The molecule has 0 saturated heterocycles. The average molecular weight is 291 g/mol. The van der Waals surface area contributed by atoms with Crippen molar-refractivity contribution in [3.63, 3.8) is 0 Å². The van der Waals surface area contributed by atoms with Crippen molar-refractivity contribution in [1.29, 1.82) is 0 Å². The predicted molar refractivity (Wildman–Crippen MR) is 80.4 cm³/mol. The lowest BCUT2D eigenvalue weighted by molar-refractivity contribution is -0.661. The number of fused-ring (bicyclic) bond motifs is 2. The maximum absolute atomic E-state index is 12.3. The van der Waals surface area contributed by atoms with Crippen molar-refractivity contribution < 1.29 is 14.5 Å². The average Bonchev–Trinajstić information content (AvgIpc) is 3.11. The topological polar surface area (TPSA) is 58.9 Å². The molecule has 0 spiro atoms. The van der Waals surface area contributed by atoms with Gasteiger partial charge in [-0.25, -0.2) is 0 Å². The lowest BCUT2D eigenvalue weighted by Gasteiger charge is -2.48. The highest BCUT2D eigenvalue weighted by molar-refractivity contribution is 5.77. The van der Waals surface area contributed by atoms with E-state index >= 15 is 0 Å². The van der Waals surface area contributed by atoms with Crippen LogP contribution in [0.4, 0.5) is 0 Å². The molecule has 4 heteroatoms. The molecule has 1 aromatic rings. The molecule has 1 amide bonds. The monoisotopic (exact) mass is 291 g/mol. The Morgan fingerprint density at radius 3 is 2.76 bits per heavy atom. The maximum atomic E-state index is 12.3. The number of furan rings is 1. The minimum atomic E-state index is -0.0501. The van der Waals surface area contributed by atoms with E-state index in [1.807, 2.05) is 17.4 Å². The number of carbonyl (C=O) groups excluding carboxylic acids is 1. The number of nitrogens with two attached hydrogens (primary N) is 1. The van der Waals surface area contributed by atoms with Crippen LogP contribution in [-0.2, 0) is 11.3 Å². The molecule has 3 atom stereocenters. The van der Waals surface area contributed by atoms with Gasteiger partial charge in [-0.15, -0.1) is 0 Å². The molecule has 4 nitrogen and oxygen atoms in total. The fraction of sp³-hybridized carbons (Fsp3) is 0.706. The van der Waals surface area contributed by atoms with Gasteiger partial charge in [-0.3, -0.25) is 4.79 Å². The third-order valence-electron chi connectivity index (χ3n) is 6.26. The van der Waals surface area contributed by atoms with Gasteiger partial charge in [0.15, 0.2) is 12.3 Å². The maximum Gasteiger partial charge on any atom is 0.275 e. The van der Waals surface area contributed by atoms with E-state index in [4.69, 9.17) is 4.42 Å². The summed E-state index contributed by atoms with van der Waals surface area (Å²) in [4.78, 5) is 12.3. The first kappa shape index (κ1) is 14.6. The van der Waals surface area contributed by atoms with Gasteiger partial charge in [0, 0.05) is 5.54 Å². The van der Waals surface area contributed by atoms with E-state index in [2.05, 4.69) is 26.1 Å². The molecule has 0 radical (unpaired) electrons.